The van der Waals surface area contributed by atoms with Crippen molar-refractivity contribution in [1.82, 2.24) is 19.6 Å². The van der Waals surface area contributed by atoms with Crippen LogP contribution in [0.4, 0.5) is 0 Å². The molecule has 4 aromatic rings. The van der Waals surface area contributed by atoms with Gasteiger partial charge in [-0.15, -0.1) is 17.7 Å². The minimum atomic E-state index is 0.510. The van der Waals surface area contributed by atoms with E-state index in [1.165, 1.54) is 0 Å². The van der Waals surface area contributed by atoms with E-state index in [9.17, 15) is 0 Å². The molecule has 0 N–H and O–H groups in total. The number of hydrogen-bond donors (Lipinski definition) is 1. The van der Waals surface area contributed by atoms with E-state index < -0.39 is 0 Å². The van der Waals surface area contributed by atoms with Crippen molar-refractivity contribution in [3.05, 3.63) is 42.9 Å². The molecule has 3 aromatic heterocycles. The molecule has 92 valence electrons. The summed E-state index contributed by atoms with van der Waals surface area (Å²) in [6, 6.07) is 9.61. The smallest absolute Gasteiger partial charge is 0.188 e. The summed E-state index contributed by atoms with van der Waals surface area (Å²) >= 11 is 4.36. The van der Waals surface area contributed by atoms with Gasteiger partial charge in [0, 0.05) is 5.39 Å². The van der Waals surface area contributed by atoms with Crippen molar-refractivity contribution in [2.24, 2.45) is 0 Å². The first-order chi connectivity index (χ1) is 9.33. The molecule has 3 heterocycles. The molecule has 1 aromatic carbocycles. The lowest BCUT2D eigenvalue weighted by Crippen LogP contribution is -1.95. The summed E-state index contributed by atoms with van der Waals surface area (Å²) in [6.45, 7) is 0. The Morgan fingerprint density at radius 3 is 2.84 bits per heavy atom. The number of rotatable bonds is 1. The topological polar surface area (TPSA) is 56.2 Å². The van der Waals surface area contributed by atoms with Crippen molar-refractivity contribution < 1.29 is 4.42 Å². The van der Waals surface area contributed by atoms with Gasteiger partial charge >= 0.3 is 0 Å². The van der Waals surface area contributed by atoms with Crippen LogP contribution in [0.5, 0.6) is 0 Å². The third-order valence-corrected chi connectivity index (χ3v) is 3.23. The number of hydrogen-bond acceptors (Lipinski definition) is 5. The number of nitrogens with zero attached hydrogens (tertiary/aromatic N) is 4. The first-order valence-electron chi connectivity index (χ1n) is 5.70. The first-order valence-corrected chi connectivity index (χ1v) is 6.15. The predicted octanol–water partition coefficient (Wildman–Crippen LogP) is 2.83. The van der Waals surface area contributed by atoms with E-state index in [0.717, 1.165) is 22.1 Å². The minimum absolute atomic E-state index is 0.510. The maximum absolute atomic E-state index is 5.06. The molecule has 0 spiro atoms. The highest BCUT2D eigenvalue weighted by Crippen LogP contribution is 2.23. The molecule has 0 atom stereocenters. The molecule has 0 unspecified atom stereocenters. The molecule has 0 amide bonds. The van der Waals surface area contributed by atoms with E-state index in [-0.39, 0.29) is 0 Å². The number of furan rings is 1. The lowest BCUT2D eigenvalue weighted by Gasteiger charge is -2.00. The van der Waals surface area contributed by atoms with Crippen molar-refractivity contribution in [3.63, 3.8) is 0 Å². The zero-order valence-corrected chi connectivity index (χ0v) is 10.6. The normalized spacial score (nSPS) is 11.4. The molecule has 0 saturated carbocycles. The van der Waals surface area contributed by atoms with E-state index in [1.807, 2.05) is 30.3 Å². The molecule has 0 fully saturated rings. The van der Waals surface area contributed by atoms with Gasteiger partial charge in [0.15, 0.2) is 16.6 Å². The summed E-state index contributed by atoms with van der Waals surface area (Å²) in [5, 5.41) is 5.87. The maximum atomic E-state index is 5.06. The Kier molecular flexibility index (Phi) is 2.13. The summed E-state index contributed by atoms with van der Waals surface area (Å²) in [6.07, 6.45) is 3.21. The molecule has 0 saturated heterocycles. The highest BCUT2D eigenvalue weighted by Gasteiger charge is 2.12. The molecule has 0 aliphatic rings. The zero-order valence-electron chi connectivity index (χ0n) is 9.69. The number of thiol groups is 1. The van der Waals surface area contributed by atoms with Crippen LogP contribution in [0.15, 0.2) is 52.4 Å². The van der Waals surface area contributed by atoms with E-state index in [0.29, 0.717) is 11.0 Å². The molecule has 0 radical (unpaired) electrons. The largest absolute Gasteiger partial charge is 0.472 e. The average Bonchev–Trinajstić information content (AvgIpc) is 3.08. The average molecular weight is 268 g/mol. The van der Waals surface area contributed by atoms with Gasteiger partial charge in [0.05, 0.1) is 17.3 Å². The van der Waals surface area contributed by atoms with Gasteiger partial charge < -0.3 is 4.42 Å². The third kappa shape index (κ3) is 1.53. The highest BCUT2D eigenvalue weighted by molar-refractivity contribution is 7.80. The summed E-state index contributed by atoms with van der Waals surface area (Å²) in [7, 11) is 0. The van der Waals surface area contributed by atoms with Crippen LogP contribution in [0.3, 0.4) is 0 Å². The summed E-state index contributed by atoms with van der Waals surface area (Å²) < 4.78 is 6.69. The van der Waals surface area contributed by atoms with Crippen molar-refractivity contribution in [2.75, 3.05) is 0 Å². The fraction of sp³-hybridized carbons (Fsp3) is 0. The number of para-hydroxylation sites is 1. The van der Waals surface area contributed by atoms with E-state index in [2.05, 4.69) is 27.7 Å². The van der Waals surface area contributed by atoms with Crippen LogP contribution in [0, 0.1) is 0 Å². The number of benzene rings is 1. The van der Waals surface area contributed by atoms with Gasteiger partial charge in [0.25, 0.3) is 0 Å². The van der Waals surface area contributed by atoms with Crippen LogP contribution in [0.2, 0.25) is 0 Å². The Hall–Kier alpha value is -2.34. The SMILES string of the molecule is Sc1nc2ccccc2c2nc(-c3ccoc3)nn12. The fourth-order valence-electron chi connectivity index (χ4n) is 2.06. The van der Waals surface area contributed by atoms with Crippen LogP contribution in [0.25, 0.3) is 27.9 Å². The number of fused-ring (bicyclic) bond motifs is 3. The summed E-state index contributed by atoms with van der Waals surface area (Å²) in [4.78, 5) is 8.95. The van der Waals surface area contributed by atoms with E-state index >= 15 is 0 Å². The second-order valence-corrected chi connectivity index (χ2v) is 4.51. The van der Waals surface area contributed by atoms with Gasteiger partial charge in [-0.3, -0.25) is 0 Å². The van der Waals surface area contributed by atoms with Gasteiger partial charge in [-0.05, 0) is 18.2 Å². The Morgan fingerprint density at radius 1 is 1.11 bits per heavy atom. The van der Waals surface area contributed by atoms with Crippen molar-refractivity contribution in [1.29, 1.82) is 0 Å². The Labute approximate surface area is 113 Å². The molecule has 0 aliphatic heterocycles. The van der Waals surface area contributed by atoms with Gasteiger partial charge in [-0.25, -0.2) is 9.97 Å². The van der Waals surface area contributed by atoms with E-state index in [1.54, 1.807) is 17.0 Å². The monoisotopic (exact) mass is 268 g/mol. The van der Waals surface area contributed by atoms with Crippen LogP contribution < -0.4 is 0 Å². The standard InChI is InChI=1S/C13H8N4OS/c19-13-14-10-4-2-1-3-9(10)12-15-11(16-17(12)13)8-5-6-18-7-8/h1-7H,(H,14,19). The molecule has 0 bridgehead atoms. The Morgan fingerprint density at radius 2 is 2.00 bits per heavy atom. The second-order valence-electron chi connectivity index (χ2n) is 4.11. The number of aromatic nitrogens is 4. The maximum Gasteiger partial charge on any atom is 0.188 e. The molecule has 6 heteroatoms. The van der Waals surface area contributed by atoms with E-state index in [4.69, 9.17) is 4.42 Å². The van der Waals surface area contributed by atoms with Gasteiger partial charge in [0.1, 0.15) is 6.26 Å². The molecular weight excluding hydrogens is 260 g/mol. The van der Waals surface area contributed by atoms with Crippen LogP contribution in [-0.4, -0.2) is 19.6 Å². The molecule has 4 rings (SSSR count). The zero-order chi connectivity index (χ0) is 12.8. The lowest BCUT2D eigenvalue weighted by molar-refractivity contribution is 0.568. The van der Waals surface area contributed by atoms with Gasteiger partial charge in [-0.1, -0.05) is 12.1 Å². The molecule has 5 nitrogen and oxygen atoms in total. The fourth-order valence-corrected chi connectivity index (χ4v) is 2.30. The summed E-state index contributed by atoms with van der Waals surface area (Å²) in [5.41, 5.74) is 2.43. The summed E-state index contributed by atoms with van der Waals surface area (Å²) in [5.74, 6) is 0.599. The van der Waals surface area contributed by atoms with Crippen LogP contribution in [-0.2, 0) is 0 Å². The predicted molar refractivity (Wildman–Crippen MR) is 73.2 cm³/mol. The Balaban J connectivity index is 2.12. The van der Waals surface area contributed by atoms with Gasteiger partial charge in [-0.2, -0.15) is 4.52 Å². The molecular formula is C13H8N4OS. The minimum Gasteiger partial charge on any atom is -0.472 e. The lowest BCUT2D eigenvalue weighted by atomic mass is 10.2. The van der Waals surface area contributed by atoms with Crippen LogP contribution >= 0.6 is 12.6 Å². The highest BCUT2D eigenvalue weighted by atomic mass is 32.1. The van der Waals surface area contributed by atoms with Gasteiger partial charge in [0.2, 0.25) is 0 Å². The quantitative estimate of drug-likeness (QED) is 0.426. The van der Waals surface area contributed by atoms with Crippen molar-refractivity contribution in [2.45, 2.75) is 5.16 Å². The van der Waals surface area contributed by atoms with Crippen molar-refractivity contribution in [3.8, 4) is 11.4 Å². The molecule has 19 heavy (non-hydrogen) atoms. The molecule has 0 aliphatic carbocycles. The Bertz CT molecular complexity index is 882. The van der Waals surface area contributed by atoms with Crippen LogP contribution in [0.1, 0.15) is 0 Å². The first kappa shape index (κ1) is 10.6. The third-order valence-electron chi connectivity index (χ3n) is 2.94. The second kappa shape index (κ2) is 3.83. The van der Waals surface area contributed by atoms with Crippen molar-refractivity contribution >= 4 is 29.2 Å².